The standard InChI is InChI=1S/C19H20F3N3O2.ClH/c1-2-5-16(23)18(27)25-14-8-3-6-12(10-14)17(26)24-15-9-4-7-13(11-15)19(20,21)22;/h3-4,6-11,16H,2,5,23H2,1H3,(H,24,26)(H,25,27);1H. The Morgan fingerprint density at radius 2 is 1.64 bits per heavy atom. The van der Waals surface area contributed by atoms with Gasteiger partial charge in [0.25, 0.3) is 5.91 Å². The van der Waals surface area contributed by atoms with Crippen molar-refractivity contribution < 1.29 is 22.8 Å². The lowest BCUT2D eigenvalue weighted by atomic mass is 10.1. The molecule has 0 saturated heterocycles. The summed E-state index contributed by atoms with van der Waals surface area (Å²) < 4.78 is 38.3. The summed E-state index contributed by atoms with van der Waals surface area (Å²) in [4.78, 5) is 24.3. The van der Waals surface area contributed by atoms with E-state index >= 15 is 0 Å². The van der Waals surface area contributed by atoms with E-state index in [1.807, 2.05) is 6.92 Å². The Kier molecular flexibility index (Phi) is 8.46. The van der Waals surface area contributed by atoms with Crippen molar-refractivity contribution >= 4 is 35.6 Å². The van der Waals surface area contributed by atoms with E-state index in [1.165, 1.54) is 24.3 Å². The second kappa shape index (κ2) is 10.1. The van der Waals surface area contributed by atoms with Gasteiger partial charge in [-0.3, -0.25) is 9.59 Å². The molecule has 0 saturated carbocycles. The number of amides is 2. The zero-order valence-electron chi connectivity index (χ0n) is 15.0. The van der Waals surface area contributed by atoms with Gasteiger partial charge in [-0.2, -0.15) is 13.2 Å². The van der Waals surface area contributed by atoms with Crippen LogP contribution in [-0.2, 0) is 11.0 Å². The lowest BCUT2D eigenvalue weighted by Crippen LogP contribution is -2.35. The minimum absolute atomic E-state index is 0. The van der Waals surface area contributed by atoms with Crippen LogP contribution in [0.3, 0.4) is 0 Å². The first kappa shape index (κ1) is 23.5. The van der Waals surface area contributed by atoms with Crippen LogP contribution in [0.15, 0.2) is 48.5 Å². The Morgan fingerprint density at radius 3 is 2.25 bits per heavy atom. The van der Waals surface area contributed by atoms with E-state index in [9.17, 15) is 22.8 Å². The first-order valence-corrected chi connectivity index (χ1v) is 8.36. The van der Waals surface area contributed by atoms with E-state index in [1.54, 1.807) is 12.1 Å². The Balaban J connectivity index is 0.00000392. The quantitative estimate of drug-likeness (QED) is 0.651. The highest BCUT2D eigenvalue weighted by atomic mass is 35.5. The van der Waals surface area contributed by atoms with Crippen molar-refractivity contribution in [2.45, 2.75) is 32.0 Å². The molecule has 5 nitrogen and oxygen atoms in total. The van der Waals surface area contributed by atoms with Crippen LogP contribution in [0.2, 0.25) is 0 Å². The third kappa shape index (κ3) is 6.54. The number of benzene rings is 2. The minimum atomic E-state index is -4.50. The van der Waals surface area contributed by atoms with Crippen molar-refractivity contribution in [1.29, 1.82) is 0 Å². The number of halogens is 4. The van der Waals surface area contributed by atoms with E-state index in [2.05, 4.69) is 10.6 Å². The Hall–Kier alpha value is -2.58. The molecule has 0 bridgehead atoms. The maximum Gasteiger partial charge on any atom is 0.416 e. The molecule has 2 rings (SSSR count). The van der Waals surface area contributed by atoms with Crippen LogP contribution in [0.1, 0.15) is 35.7 Å². The lowest BCUT2D eigenvalue weighted by Gasteiger charge is -2.12. The van der Waals surface area contributed by atoms with Gasteiger partial charge in [-0.15, -0.1) is 12.4 Å². The Labute approximate surface area is 166 Å². The Bertz CT molecular complexity index is 828. The van der Waals surface area contributed by atoms with Crippen LogP contribution in [-0.4, -0.2) is 17.9 Å². The van der Waals surface area contributed by atoms with Crippen molar-refractivity contribution in [3.63, 3.8) is 0 Å². The third-order valence-electron chi connectivity index (χ3n) is 3.78. The number of nitrogens with two attached hydrogens (primary N) is 1. The van der Waals surface area contributed by atoms with E-state index in [0.29, 0.717) is 12.1 Å². The maximum atomic E-state index is 12.8. The largest absolute Gasteiger partial charge is 0.416 e. The number of rotatable bonds is 6. The number of carbonyl (C=O) groups is 2. The number of anilines is 2. The molecule has 0 aliphatic rings. The molecule has 1 unspecified atom stereocenters. The summed E-state index contributed by atoms with van der Waals surface area (Å²) in [5, 5.41) is 5.04. The van der Waals surface area contributed by atoms with Crippen LogP contribution in [0.4, 0.5) is 24.5 Å². The van der Waals surface area contributed by atoms with Crippen molar-refractivity contribution in [1.82, 2.24) is 0 Å². The summed E-state index contributed by atoms with van der Waals surface area (Å²) in [6.07, 6.45) is -3.21. The molecule has 2 aromatic rings. The molecular formula is C19H21ClF3N3O2. The predicted octanol–water partition coefficient (Wildman–Crippen LogP) is 4.45. The monoisotopic (exact) mass is 415 g/mol. The number of hydrogen-bond donors (Lipinski definition) is 3. The highest BCUT2D eigenvalue weighted by Gasteiger charge is 2.30. The van der Waals surface area contributed by atoms with Gasteiger partial charge in [0.2, 0.25) is 5.91 Å². The normalized spacial score (nSPS) is 11.9. The number of alkyl halides is 3. The van der Waals surface area contributed by atoms with Crippen LogP contribution in [0, 0.1) is 0 Å². The topological polar surface area (TPSA) is 84.2 Å². The van der Waals surface area contributed by atoms with Crippen LogP contribution < -0.4 is 16.4 Å². The highest BCUT2D eigenvalue weighted by molar-refractivity contribution is 6.05. The zero-order valence-corrected chi connectivity index (χ0v) is 15.9. The van der Waals surface area contributed by atoms with Crippen molar-refractivity contribution in [2.75, 3.05) is 10.6 Å². The molecule has 1 atom stereocenters. The average molecular weight is 416 g/mol. The van der Waals surface area contributed by atoms with Crippen molar-refractivity contribution in [3.05, 3.63) is 59.7 Å². The predicted molar refractivity (Wildman–Crippen MR) is 105 cm³/mol. The SMILES string of the molecule is CCCC(N)C(=O)Nc1cccc(C(=O)Nc2cccc(C(F)(F)F)c2)c1.Cl. The summed E-state index contributed by atoms with van der Waals surface area (Å²) in [5.74, 6) is -0.962. The first-order valence-electron chi connectivity index (χ1n) is 8.36. The molecule has 0 heterocycles. The van der Waals surface area contributed by atoms with E-state index in [-0.39, 0.29) is 29.6 Å². The molecule has 0 aromatic heterocycles. The van der Waals surface area contributed by atoms with Crippen LogP contribution in [0.5, 0.6) is 0 Å². The van der Waals surface area contributed by atoms with Gasteiger partial charge in [-0.1, -0.05) is 25.5 Å². The molecule has 9 heteroatoms. The van der Waals surface area contributed by atoms with Gasteiger partial charge in [-0.05, 0) is 42.8 Å². The summed E-state index contributed by atoms with van der Waals surface area (Å²) in [6.45, 7) is 1.91. The fourth-order valence-corrected chi connectivity index (χ4v) is 2.39. The zero-order chi connectivity index (χ0) is 20.0. The number of nitrogens with one attached hydrogen (secondary N) is 2. The van der Waals surface area contributed by atoms with Gasteiger partial charge >= 0.3 is 6.18 Å². The Morgan fingerprint density at radius 1 is 1.04 bits per heavy atom. The lowest BCUT2D eigenvalue weighted by molar-refractivity contribution is -0.137. The van der Waals surface area contributed by atoms with E-state index in [4.69, 9.17) is 5.73 Å². The first-order chi connectivity index (χ1) is 12.7. The molecule has 0 aliphatic heterocycles. The van der Waals surface area contributed by atoms with E-state index in [0.717, 1.165) is 18.6 Å². The third-order valence-corrected chi connectivity index (χ3v) is 3.78. The molecular weight excluding hydrogens is 395 g/mol. The second-order valence-corrected chi connectivity index (χ2v) is 6.00. The smallest absolute Gasteiger partial charge is 0.325 e. The van der Waals surface area contributed by atoms with Gasteiger partial charge < -0.3 is 16.4 Å². The average Bonchev–Trinajstić information content (AvgIpc) is 2.61. The highest BCUT2D eigenvalue weighted by Crippen LogP contribution is 2.30. The summed E-state index contributed by atoms with van der Waals surface area (Å²) >= 11 is 0. The van der Waals surface area contributed by atoms with Crippen LogP contribution >= 0.6 is 12.4 Å². The molecule has 28 heavy (non-hydrogen) atoms. The van der Waals surface area contributed by atoms with Gasteiger partial charge in [-0.25, -0.2) is 0 Å². The second-order valence-electron chi connectivity index (χ2n) is 6.00. The number of hydrogen-bond acceptors (Lipinski definition) is 3. The molecule has 0 spiro atoms. The molecule has 0 radical (unpaired) electrons. The fourth-order valence-electron chi connectivity index (χ4n) is 2.39. The van der Waals surface area contributed by atoms with Gasteiger partial charge in [0, 0.05) is 16.9 Å². The van der Waals surface area contributed by atoms with Crippen LogP contribution in [0.25, 0.3) is 0 Å². The summed E-state index contributed by atoms with van der Waals surface area (Å²) in [7, 11) is 0. The minimum Gasteiger partial charge on any atom is -0.325 e. The molecule has 152 valence electrons. The molecule has 2 aromatic carbocycles. The van der Waals surface area contributed by atoms with Gasteiger partial charge in [0.15, 0.2) is 0 Å². The van der Waals surface area contributed by atoms with Gasteiger partial charge in [0.05, 0.1) is 11.6 Å². The fraction of sp³-hybridized carbons (Fsp3) is 0.263. The van der Waals surface area contributed by atoms with Crippen molar-refractivity contribution in [2.24, 2.45) is 5.73 Å². The maximum absolute atomic E-state index is 12.8. The summed E-state index contributed by atoms with van der Waals surface area (Å²) in [6, 6.07) is 9.77. The number of carbonyl (C=O) groups excluding carboxylic acids is 2. The molecule has 2 amide bonds. The molecule has 4 N–H and O–H groups in total. The van der Waals surface area contributed by atoms with Gasteiger partial charge in [0.1, 0.15) is 0 Å². The summed E-state index contributed by atoms with van der Waals surface area (Å²) in [5.41, 5.74) is 5.48. The molecule has 0 aliphatic carbocycles. The van der Waals surface area contributed by atoms with Crippen molar-refractivity contribution in [3.8, 4) is 0 Å². The molecule has 0 fully saturated rings. The van der Waals surface area contributed by atoms with E-state index < -0.39 is 23.7 Å².